The Morgan fingerprint density at radius 2 is 0.796 bits per heavy atom. The van der Waals surface area contributed by atoms with Gasteiger partial charge < -0.3 is 5.11 Å². The van der Waals surface area contributed by atoms with E-state index in [1.165, 1.54) is 145 Å². The molecule has 0 amide bonds. The van der Waals surface area contributed by atoms with Crippen LogP contribution in [0.15, 0.2) is 54.6 Å². The average molecular weight is 667 g/mol. The van der Waals surface area contributed by atoms with Gasteiger partial charge >= 0.3 is 0 Å². The van der Waals surface area contributed by atoms with Gasteiger partial charge in [0.2, 0.25) is 0 Å². The highest BCUT2D eigenvalue weighted by molar-refractivity contribution is 5.45. The number of hydrogen-bond donors (Lipinski definition) is 1. The van der Waals surface area contributed by atoms with Crippen molar-refractivity contribution in [3.05, 3.63) is 99.1 Å². The molecular weight excluding hydrogens is 593 g/mol. The maximum absolute atomic E-state index is 11.4. The van der Waals surface area contributed by atoms with Crippen molar-refractivity contribution < 1.29 is 5.11 Å². The maximum atomic E-state index is 11.4. The highest BCUT2D eigenvalue weighted by Gasteiger charge is 2.21. The Morgan fingerprint density at radius 1 is 0.408 bits per heavy atom. The number of rotatable bonds is 26. The van der Waals surface area contributed by atoms with E-state index >= 15 is 0 Å². The van der Waals surface area contributed by atoms with Crippen LogP contribution in [0.25, 0.3) is 0 Å². The van der Waals surface area contributed by atoms with E-state index in [9.17, 15) is 5.11 Å². The minimum Gasteiger partial charge on any atom is -0.508 e. The Hall–Kier alpha value is -2.54. The topological polar surface area (TPSA) is 20.2 Å². The molecule has 272 valence electrons. The Bertz CT molecular complexity index is 1320. The molecule has 0 fully saturated rings. The van der Waals surface area contributed by atoms with Crippen molar-refractivity contribution in [1.82, 2.24) is 0 Å². The molecule has 2 unspecified atom stereocenters. The van der Waals surface area contributed by atoms with Crippen LogP contribution < -0.4 is 0 Å². The van der Waals surface area contributed by atoms with Crippen molar-refractivity contribution >= 4 is 0 Å². The van der Waals surface area contributed by atoms with E-state index in [1.54, 1.807) is 22.3 Å². The van der Waals surface area contributed by atoms with E-state index in [2.05, 4.69) is 90.1 Å². The smallest absolute Gasteiger partial charge is 0.119 e. The molecule has 49 heavy (non-hydrogen) atoms. The summed E-state index contributed by atoms with van der Waals surface area (Å²) in [5.41, 5.74) is 11.9. The first-order valence-electron chi connectivity index (χ1n) is 21.0. The average Bonchev–Trinajstić information content (AvgIpc) is 3.10. The van der Waals surface area contributed by atoms with Crippen LogP contribution >= 0.6 is 0 Å². The summed E-state index contributed by atoms with van der Waals surface area (Å²) < 4.78 is 0. The van der Waals surface area contributed by atoms with Crippen LogP contribution in [0, 0.1) is 0 Å². The van der Waals surface area contributed by atoms with E-state index in [0.29, 0.717) is 17.6 Å². The lowest BCUT2D eigenvalue weighted by molar-refractivity contribution is 0.464. The molecule has 1 nitrogen and oxygen atoms in total. The Balaban J connectivity index is 1.87. The van der Waals surface area contributed by atoms with E-state index in [4.69, 9.17) is 0 Å². The van der Waals surface area contributed by atoms with Gasteiger partial charge in [0.25, 0.3) is 0 Å². The predicted molar refractivity (Wildman–Crippen MR) is 217 cm³/mol. The first kappa shape index (κ1) is 40.9. The molecular formula is C48H74O. The summed E-state index contributed by atoms with van der Waals surface area (Å²) in [5.74, 6) is 1.24. The third kappa shape index (κ3) is 13.6. The molecule has 0 aliphatic carbocycles. The Labute approximate surface area is 303 Å². The fraction of sp³-hybridized carbons (Fsp3) is 0.625. The molecule has 0 bridgehead atoms. The summed E-state index contributed by atoms with van der Waals surface area (Å²) in [5, 5.41) is 11.4. The molecule has 3 rings (SSSR count). The van der Waals surface area contributed by atoms with Gasteiger partial charge in [0.1, 0.15) is 5.75 Å². The van der Waals surface area contributed by atoms with Crippen LogP contribution in [-0.4, -0.2) is 5.11 Å². The van der Waals surface area contributed by atoms with Gasteiger partial charge in [0.05, 0.1) is 0 Å². The Kier molecular flexibility index (Phi) is 19.8. The number of hydrogen-bond acceptors (Lipinski definition) is 1. The molecule has 0 aromatic heterocycles. The molecule has 0 radical (unpaired) electrons. The SMILES string of the molecule is CCCCCCc1cccc(C(C)Cc2cccc(O)c2CC(C)c2cccc(CCCCCC)c2CCCCCC)c1CCCCCC. The van der Waals surface area contributed by atoms with E-state index in [1.807, 2.05) is 6.07 Å². The number of aryl methyl sites for hydroxylation is 2. The number of unbranched alkanes of at least 4 members (excludes halogenated alkanes) is 12. The van der Waals surface area contributed by atoms with Gasteiger partial charge in [-0.15, -0.1) is 0 Å². The second-order valence-corrected chi connectivity index (χ2v) is 15.3. The lowest BCUT2D eigenvalue weighted by atomic mass is 9.81. The van der Waals surface area contributed by atoms with E-state index in [0.717, 1.165) is 18.4 Å². The van der Waals surface area contributed by atoms with Crippen molar-refractivity contribution in [2.24, 2.45) is 0 Å². The van der Waals surface area contributed by atoms with Crippen LogP contribution in [0.2, 0.25) is 0 Å². The van der Waals surface area contributed by atoms with Crippen molar-refractivity contribution in [3.8, 4) is 5.75 Å². The lowest BCUT2D eigenvalue weighted by Gasteiger charge is -2.24. The van der Waals surface area contributed by atoms with Gasteiger partial charge in [-0.05, 0) is 127 Å². The molecule has 0 heterocycles. The first-order valence-corrected chi connectivity index (χ1v) is 21.0. The largest absolute Gasteiger partial charge is 0.508 e. The molecule has 2 atom stereocenters. The monoisotopic (exact) mass is 667 g/mol. The van der Waals surface area contributed by atoms with Crippen LogP contribution in [0.3, 0.4) is 0 Å². The molecule has 1 heteroatoms. The molecule has 3 aromatic rings. The quantitative estimate of drug-likeness (QED) is 0.0845. The molecule has 3 aromatic carbocycles. The summed E-state index contributed by atoms with van der Waals surface area (Å²) in [6, 6.07) is 20.5. The zero-order valence-corrected chi connectivity index (χ0v) is 32.9. The van der Waals surface area contributed by atoms with Crippen molar-refractivity contribution in [1.29, 1.82) is 0 Å². The highest BCUT2D eigenvalue weighted by Crippen LogP contribution is 2.36. The summed E-state index contributed by atoms with van der Waals surface area (Å²) in [6.45, 7) is 14.1. The maximum Gasteiger partial charge on any atom is 0.119 e. The van der Waals surface area contributed by atoms with Crippen LogP contribution in [0.1, 0.15) is 201 Å². The van der Waals surface area contributed by atoms with Gasteiger partial charge in [0, 0.05) is 0 Å². The van der Waals surface area contributed by atoms with Gasteiger partial charge in [-0.2, -0.15) is 0 Å². The van der Waals surface area contributed by atoms with Gasteiger partial charge in [-0.25, -0.2) is 0 Å². The van der Waals surface area contributed by atoms with Crippen LogP contribution in [0.4, 0.5) is 0 Å². The number of benzene rings is 3. The second-order valence-electron chi connectivity index (χ2n) is 15.3. The molecule has 0 spiro atoms. The third-order valence-electron chi connectivity index (χ3n) is 11.1. The third-order valence-corrected chi connectivity index (χ3v) is 11.1. The van der Waals surface area contributed by atoms with Gasteiger partial charge in [-0.3, -0.25) is 0 Å². The normalized spacial score (nSPS) is 12.8. The summed E-state index contributed by atoms with van der Waals surface area (Å²) in [4.78, 5) is 0. The van der Waals surface area contributed by atoms with Crippen molar-refractivity contribution in [2.45, 2.75) is 195 Å². The predicted octanol–water partition coefficient (Wildman–Crippen LogP) is 14.6. The standard InChI is InChI=1S/C48H74O/c1-7-11-15-19-26-40-28-23-33-43(45(40)31-21-17-13-9-3)38(5)36-42-30-25-35-48(49)47(42)37-39(6)44-34-24-29-41(27-20-16-12-8-2)46(44)32-22-18-14-10-4/h23-25,28-30,33-35,38-39,49H,7-22,26-27,31-32,36-37H2,1-6H3. The highest BCUT2D eigenvalue weighted by atomic mass is 16.3. The van der Waals surface area contributed by atoms with Crippen molar-refractivity contribution in [3.63, 3.8) is 0 Å². The fourth-order valence-corrected chi connectivity index (χ4v) is 8.16. The molecule has 0 saturated carbocycles. The number of phenolic OH excluding ortho intramolecular Hbond substituents is 1. The fourth-order valence-electron chi connectivity index (χ4n) is 8.16. The minimum atomic E-state index is 0.361. The second kappa shape index (κ2) is 23.8. The summed E-state index contributed by atoms with van der Waals surface area (Å²) in [6.07, 6.45) is 27.5. The molecule has 0 aliphatic heterocycles. The van der Waals surface area contributed by atoms with Gasteiger partial charge in [0.15, 0.2) is 0 Å². The lowest BCUT2D eigenvalue weighted by Crippen LogP contribution is -2.10. The summed E-state index contributed by atoms with van der Waals surface area (Å²) >= 11 is 0. The van der Waals surface area contributed by atoms with Crippen LogP contribution in [-0.2, 0) is 38.5 Å². The van der Waals surface area contributed by atoms with Crippen molar-refractivity contribution in [2.75, 3.05) is 0 Å². The Morgan fingerprint density at radius 3 is 1.24 bits per heavy atom. The number of aromatic hydroxyl groups is 1. The molecule has 0 saturated heterocycles. The van der Waals surface area contributed by atoms with Crippen LogP contribution in [0.5, 0.6) is 5.75 Å². The molecule has 1 N–H and O–H groups in total. The van der Waals surface area contributed by atoms with Gasteiger partial charge in [-0.1, -0.05) is 167 Å². The van der Waals surface area contributed by atoms with E-state index < -0.39 is 0 Å². The zero-order chi connectivity index (χ0) is 35.3. The number of phenols is 1. The minimum absolute atomic E-state index is 0.361. The molecule has 0 aliphatic rings. The van der Waals surface area contributed by atoms with E-state index in [-0.39, 0.29) is 0 Å². The zero-order valence-electron chi connectivity index (χ0n) is 32.9. The summed E-state index contributed by atoms with van der Waals surface area (Å²) in [7, 11) is 0. The first-order chi connectivity index (χ1) is 23.9.